The maximum Gasteiger partial charge on any atom is 0.257 e. The number of halogens is 1. The van der Waals surface area contributed by atoms with Crippen molar-refractivity contribution in [1.82, 2.24) is 5.32 Å². The van der Waals surface area contributed by atoms with Crippen LogP contribution < -0.4 is 15.4 Å². The van der Waals surface area contributed by atoms with Gasteiger partial charge in [-0.15, -0.1) is 0 Å². The van der Waals surface area contributed by atoms with Gasteiger partial charge in [-0.25, -0.2) is 0 Å². The highest BCUT2D eigenvalue weighted by Gasteiger charge is 2.10. The van der Waals surface area contributed by atoms with E-state index in [4.69, 9.17) is 17.0 Å². The van der Waals surface area contributed by atoms with Gasteiger partial charge in [0.1, 0.15) is 5.75 Å². The zero-order valence-corrected chi connectivity index (χ0v) is 18.1. The van der Waals surface area contributed by atoms with E-state index in [1.807, 2.05) is 48.5 Å². The number of carbonyl (C=O) groups excluding carboxylic acids is 1. The van der Waals surface area contributed by atoms with Crippen LogP contribution in [-0.4, -0.2) is 18.1 Å². The van der Waals surface area contributed by atoms with Gasteiger partial charge in [-0.05, 0) is 69.6 Å². The molecule has 0 aliphatic carbocycles. The second-order valence-corrected chi connectivity index (χ2v) is 7.39. The average Bonchev–Trinajstić information content (AvgIpc) is 2.74. The van der Waals surface area contributed by atoms with E-state index in [9.17, 15) is 4.79 Å². The van der Waals surface area contributed by atoms with E-state index in [-0.39, 0.29) is 11.0 Å². The molecule has 0 radical (unpaired) electrons. The van der Waals surface area contributed by atoms with Crippen LogP contribution in [0, 0.1) is 0 Å². The molecular formula is C23H19BrN2O2S. The Morgan fingerprint density at radius 3 is 2.24 bits per heavy atom. The van der Waals surface area contributed by atoms with E-state index in [2.05, 4.69) is 44.8 Å². The summed E-state index contributed by atoms with van der Waals surface area (Å²) in [5.74, 6) is 0.358. The van der Waals surface area contributed by atoms with Crippen molar-refractivity contribution >= 4 is 57.0 Å². The highest BCUT2D eigenvalue weighted by Crippen LogP contribution is 2.25. The van der Waals surface area contributed by atoms with Crippen molar-refractivity contribution < 1.29 is 9.53 Å². The first-order valence-corrected chi connectivity index (χ1v) is 10.0. The number of nitrogens with one attached hydrogen (secondary N) is 2. The summed E-state index contributed by atoms with van der Waals surface area (Å²) in [7, 11) is 1.57. The lowest BCUT2D eigenvalue weighted by atomic mass is 10.1. The van der Waals surface area contributed by atoms with Gasteiger partial charge in [-0.2, -0.15) is 0 Å². The average molecular weight is 467 g/mol. The number of carbonyl (C=O) groups is 1. The number of methoxy groups -OCH3 is 1. The smallest absolute Gasteiger partial charge is 0.257 e. The molecule has 2 N–H and O–H groups in total. The number of rotatable bonds is 5. The minimum Gasteiger partial charge on any atom is -0.496 e. The van der Waals surface area contributed by atoms with Crippen molar-refractivity contribution in [3.8, 4) is 5.75 Å². The predicted molar refractivity (Wildman–Crippen MR) is 126 cm³/mol. The molecule has 0 bridgehead atoms. The monoisotopic (exact) mass is 466 g/mol. The lowest BCUT2D eigenvalue weighted by Crippen LogP contribution is -2.34. The van der Waals surface area contributed by atoms with Gasteiger partial charge in [0.2, 0.25) is 0 Å². The summed E-state index contributed by atoms with van der Waals surface area (Å²) in [5.41, 5.74) is 3.48. The van der Waals surface area contributed by atoms with E-state index in [0.717, 1.165) is 16.8 Å². The first kappa shape index (κ1) is 20.8. The molecule has 4 nitrogen and oxygen atoms in total. The fourth-order valence-electron chi connectivity index (χ4n) is 2.58. The van der Waals surface area contributed by atoms with Crippen molar-refractivity contribution in [2.45, 2.75) is 0 Å². The lowest BCUT2D eigenvalue weighted by Gasteiger charge is -2.11. The Labute approximate surface area is 183 Å². The molecule has 0 aliphatic rings. The number of hydrogen-bond acceptors (Lipinski definition) is 3. The van der Waals surface area contributed by atoms with Crippen molar-refractivity contribution in [2.75, 3.05) is 12.4 Å². The van der Waals surface area contributed by atoms with Crippen LogP contribution in [0.5, 0.6) is 5.75 Å². The fourth-order valence-corrected chi connectivity index (χ4v) is 3.33. The van der Waals surface area contributed by atoms with Crippen LogP contribution in [0.4, 0.5) is 5.69 Å². The minimum absolute atomic E-state index is 0.231. The van der Waals surface area contributed by atoms with Crippen molar-refractivity contribution in [3.05, 3.63) is 94.0 Å². The first-order valence-electron chi connectivity index (χ1n) is 8.84. The Morgan fingerprint density at radius 2 is 1.62 bits per heavy atom. The normalized spacial score (nSPS) is 10.6. The molecule has 0 spiro atoms. The van der Waals surface area contributed by atoms with Crippen LogP contribution in [0.2, 0.25) is 0 Å². The second-order valence-electron chi connectivity index (χ2n) is 6.12. The van der Waals surface area contributed by atoms with Crippen LogP contribution in [0.3, 0.4) is 0 Å². The summed E-state index contributed by atoms with van der Waals surface area (Å²) in [4.78, 5) is 12.4. The topological polar surface area (TPSA) is 50.4 Å². The number of thiocarbonyl (C=S) groups is 1. The number of ether oxygens (including phenoxy) is 1. The number of amides is 1. The highest BCUT2D eigenvalue weighted by atomic mass is 79.9. The van der Waals surface area contributed by atoms with Crippen LogP contribution in [0.15, 0.2) is 77.3 Å². The van der Waals surface area contributed by atoms with Gasteiger partial charge < -0.3 is 10.1 Å². The van der Waals surface area contributed by atoms with E-state index in [1.165, 1.54) is 0 Å². The maximum absolute atomic E-state index is 12.4. The summed E-state index contributed by atoms with van der Waals surface area (Å²) in [6.45, 7) is 0. The molecule has 0 unspecified atom stereocenters. The van der Waals surface area contributed by atoms with Gasteiger partial charge in [0, 0.05) is 11.3 Å². The van der Waals surface area contributed by atoms with E-state index >= 15 is 0 Å². The summed E-state index contributed by atoms with van der Waals surface area (Å²) in [5, 5.41) is 5.93. The predicted octanol–water partition coefficient (Wildman–Crippen LogP) is 5.75. The van der Waals surface area contributed by atoms with Gasteiger partial charge in [0.05, 0.1) is 11.6 Å². The minimum atomic E-state index is -0.298. The van der Waals surface area contributed by atoms with Gasteiger partial charge in [0.25, 0.3) is 5.91 Å². The molecule has 3 rings (SSSR count). The molecule has 0 atom stereocenters. The van der Waals surface area contributed by atoms with E-state index in [1.54, 1.807) is 25.3 Å². The Kier molecular flexibility index (Phi) is 7.16. The first-order chi connectivity index (χ1) is 14.0. The van der Waals surface area contributed by atoms with E-state index in [0.29, 0.717) is 15.8 Å². The van der Waals surface area contributed by atoms with Gasteiger partial charge in [0.15, 0.2) is 5.11 Å². The molecule has 0 aliphatic heterocycles. The maximum atomic E-state index is 12.4. The van der Waals surface area contributed by atoms with Crippen molar-refractivity contribution in [1.29, 1.82) is 0 Å². The number of hydrogen-bond donors (Lipinski definition) is 2. The number of benzene rings is 3. The second kappa shape index (κ2) is 10.0. The van der Waals surface area contributed by atoms with Crippen LogP contribution in [-0.2, 0) is 0 Å². The third kappa shape index (κ3) is 6.01. The molecule has 0 aromatic heterocycles. The molecule has 1 amide bonds. The van der Waals surface area contributed by atoms with Crippen LogP contribution in [0.1, 0.15) is 21.5 Å². The lowest BCUT2D eigenvalue weighted by molar-refractivity contribution is 0.0977. The standard InChI is InChI=1S/C23H19BrN2O2S/c1-28-21-14-11-18(15-20(21)24)22(27)26-23(29)25-19-12-9-17(10-13-19)8-7-16-5-3-2-4-6-16/h2-15H,1H3,(H2,25,26,27,29)/b8-7-. The van der Waals surface area contributed by atoms with Gasteiger partial charge in [-0.3, -0.25) is 10.1 Å². The molecule has 0 saturated heterocycles. The fraction of sp³-hybridized carbons (Fsp3) is 0.0435. The Morgan fingerprint density at radius 1 is 0.966 bits per heavy atom. The quantitative estimate of drug-likeness (QED) is 0.370. The Balaban J connectivity index is 1.57. The molecular weight excluding hydrogens is 448 g/mol. The molecule has 0 fully saturated rings. The van der Waals surface area contributed by atoms with Crippen molar-refractivity contribution in [3.63, 3.8) is 0 Å². The molecule has 0 saturated carbocycles. The zero-order chi connectivity index (χ0) is 20.6. The molecule has 29 heavy (non-hydrogen) atoms. The third-order valence-electron chi connectivity index (χ3n) is 4.08. The SMILES string of the molecule is COc1ccc(C(=O)NC(=S)Nc2ccc(/C=C\c3ccccc3)cc2)cc1Br. The molecule has 0 heterocycles. The highest BCUT2D eigenvalue weighted by molar-refractivity contribution is 9.10. The molecule has 146 valence electrons. The summed E-state index contributed by atoms with van der Waals surface area (Å²) < 4.78 is 5.87. The Bertz CT molecular complexity index is 1030. The summed E-state index contributed by atoms with van der Waals surface area (Å²) in [6.07, 6.45) is 4.10. The third-order valence-corrected chi connectivity index (χ3v) is 4.90. The van der Waals surface area contributed by atoms with Crippen LogP contribution in [0.25, 0.3) is 12.2 Å². The summed E-state index contributed by atoms with van der Waals surface area (Å²) in [6, 6.07) is 23.0. The summed E-state index contributed by atoms with van der Waals surface area (Å²) >= 11 is 8.62. The van der Waals surface area contributed by atoms with Gasteiger partial charge >= 0.3 is 0 Å². The van der Waals surface area contributed by atoms with E-state index < -0.39 is 0 Å². The molecule has 3 aromatic carbocycles. The van der Waals surface area contributed by atoms with Gasteiger partial charge in [-0.1, -0.05) is 54.6 Å². The molecule has 3 aromatic rings. The Hall–Kier alpha value is -2.96. The van der Waals surface area contributed by atoms with Crippen LogP contribution >= 0.6 is 28.1 Å². The van der Waals surface area contributed by atoms with Crippen molar-refractivity contribution in [2.24, 2.45) is 0 Å². The molecule has 6 heteroatoms. The largest absolute Gasteiger partial charge is 0.496 e. The zero-order valence-electron chi connectivity index (χ0n) is 15.7. The number of anilines is 1.